The first kappa shape index (κ1) is 14.4. The largest absolute Gasteiger partial charge is 0.478 e. The normalized spacial score (nSPS) is 10.1. The average molecular weight is 287 g/mol. The number of carbonyl (C=O) groups is 1. The third-order valence-electron chi connectivity index (χ3n) is 2.92. The molecule has 2 aromatic rings. The first-order valence-corrected chi connectivity index (χ1v) is 6.22. The number of carboxylic acid groups (broad SMARTS) is 1. The molecule has 2 rings (SSSR count). The number of rotatable bonds is 6. The van der Waals surface area contributed by atoms with E-state index in [1.54, 1.807) is 12.4 Å². The zero-order chi connectivity index (χ0) is 15.2. The molecule has 0 aliphatic carbocycles. The van der Waals surface area contributed by atoms with Crippen molar-refractivity contribution in [2.75, 3.05) is 11.9 Å². The lowest BCUT2D eigenvalue weighted by Crippen LogP contribution is -2.10. The minimum atomic E-state index is -1.20. The molecule has 0 amide bonds. The van der Waals surface area contributed by atoms with Crippen molar-refractivity contribution < 1.29 is 14.8 Å². The maximum Gasteiger partial charge on any atom is 0.338 e. The van der Waals surface area contributed by atoms with Gasteiger partial charge < -0.3 is 10.4 Å². The molecule has 1 aromatic carbocycles. The van der Waals surface area contributed by atoms with Crippen LogP contribution in [0.15, 0.2) is 42.7 Å². The molecular weight excluding hydrogens is 274 g/mol. The standard InChI is InChI=1S/C14H13N3O4/c18-14(19)12-9-11(17(20)21)1-2-13(12)16-8-5-10-3-6-15-7-4-10/h1-4,6-7,9,16H,5,8H2,(H,18,19). The molecule has 1 heterocycles. The summed E-state index contributed by atoms with van der Waals surface area (Å²) < 4.78 is 0. The summed E-state index contributed by atoms with van der Waals surface area (Å²) in [6, 6.07) is 7.48. The Morgan fingerprint density at radius 2 is 2.00 bits per heavy atom. The summed E-state index contributed by atoms with van der Waals surface area (Å²) in [7, 11) is 0. The summed E-state index contributed by atoms with van der Waals surface area (Å²) in [4.78, 5) is 25.1. The van der Waals surface area contributed by atoms with E-state index >= 15 is 0 Å². The number of hydrogen-bond donors (Lipinski definition) is 2. The van der Waals surface area contributed by atoms with Crippen molar-refractivity contribution in [2.24, 2.45) is 0 Å². The molecule has 108 valence electrons. The Hall–Kier alpha value is -2.96. The van der Waals surface area contributed by atoms with E-state index in [9.17, 15) is 14.9 Å². The second kappa shape index (κ2) is 6.47. The molecule has 21 heavy (non-hydrogen) atoms. The van der Waals surface area contributed by atoms with Crippen LogP contribution in [0, 0.1) is 10.1 Å². The maximum atomic E-state index is 11.2. The maximum absolute atomic E-state index is 11.2. The van der Waals surface area contributed by atoms with E-state index < -0.39 is 10.9 Å². The minimum Gasteiger partial charge on any atom is -0.478 e. The lowest BCUT2D eigenvalue weighted by Gasteiger charge is -2.09. The number of nitrogens with zero attached hydrogens (tertiary/aromatic N) is 2. The second-order valence-electron chi connectivity index (χ2n) is 4.32. The summed E-state index contributed by atoms with van der Waals surface area (Å²) in [6.45, 7) is 0.516. The van der Waals surface area contributed by atoms with Crippen LogP contribution in [0.25, 0.3) is 0 Å². The van der Waals surface area contributed by atoms with Gasteiger partial charge in [0, 0.05) is 36.8 Å². The predicted molar refractivity (Wildman–Crippen MR) is 76.5 cm³/mol. The van der Waals surface area contributed by atoms with Gasteiger partial charge in [-0.15, -0.1) is 0 Å². The first-order chi connectivity index (χ1) is 10.1. The number of nitro groups is 1. The number of aromatic nitrogens is 1. The van der Waals surface area contributed by atoms with Crippen LogP contribution in [0.4, 0.5) is 11.4 Å². The first-order valence-electron chi connectivity index (χ1n) is 6.22. The van der Waals surface area contributed by atoms with Gasteiger partial charge in [0.1, 0.15) is 0 Å². The van der Waals surface area contributed by atoms with Crippen LogP contribution in [0.1, 0.15) is 15.9 Å². The third kappa shape index (κ3) is 3.75. The smallest absolute Gasteiger partial charge is 0.338 e. The van der Waals surface area contributed by atoms with Crippen molar-refractivity contribution in [2.45, 2.75) is 6.42 Å². The molecule has 0 saturated heterocycles. The molecule has 0 unspecified atom stereocenters. The number of nitro benzene ring substituents is 1. The highest BCUT2D eigenvalue weighted by molar-refractivity contribution is 5.95. The lowest BCUT2D eigenvalue weighted by molar-refractivity contribution is -0.384. The number of anilines is 1. The van der Waals surface area contributed by atoms with Crippen molar-refractivity contribution in [1.82, 2.24) is 4.98 Å². The van der Waals surface area contributed by atoms with Gasteiger partial charge >= 0.3 is 5.97 Å². The average Bonchev–Trinajstić information content (AvgIpc) is 2.48. The number of hydrogen-bond acceptors (Lipinski definition) is 5. The zero-order valence-corrected chi connectivity index (χ0v) is 11.0. The van der Waals surface area contributed by atoms with E-state index in [2.05, 4.69) is 10.3 Å². The Labute approximate surface area is 120 Å². The van der Waals surface area contributed by atoms with E-state index in [4.69, 9.17) is 5.11 Å². The van der Waals surface area contributed by atoms with Crippen molar-refractivity contribution in [1.29, 1.82) is 0 Å². The monoisotopic (exact) mass is 287 g/mol. The number of pyridine rings is 1. The number of nitrogens with one attached hydrogen (secondary N) is 1. The Balaban J connectivity index is 2.09. The zero-order valence-electron chi connectivity index (χ0n) is 11.0. The Bertz CT molecular complexity index is 659. The van der Waals surface area contributed by atoms with Crippen molar-refractivity contribution in [3.63, 3.8) is 0 Å². The van der Waals surface area contributed by atoms with Crippen LogP contribution in [-0.4, -0.2) is 27.5 Å². The molecule has 2 N–H and O–H groups in total. The predicted octanol–water partition coefficient (Wildman–Crippen LogP) is 2.34. The van der Waals surface area contributed by atoms with Gasteiger partial charge in [0.15, 0.2) is 0 Å². The Morgan fingerprint density at radius 1 is 1.29 bits per heavy atom. The van der Waals surface area contributed by atoms with Crippen LogP contribution in [0.2, 0.25) is 0 Å². The second-order valence-corrected chi connectivity index (χ2v) is 4.32. The summed E-state index contributed by atoms with van der Waals surface area (Å²) in [6.07, 6.45) is 4.06. The van der Waals surface area contributed by atoms with Crippen LogP contribution in [0.3, 0.4) is 0 Å². The van der Waals surface area contributed by atoms with Crippen LogP contribution in [0.5, 0.6) is 0 Å². The molecule has 0 aliphatic rings. The van der Waals surface area contributed by atoms with Gasteiger partial charge in [0.2, 0.25) is 0 Å². The van der Waals surface area contributed by atoms with Gasteiger partial charge in [-0.1, -0.05) is 0 Å². The topological polar surface area (TPSA) is 105 Å². The number of non-ortho nitro benzene ring substituents is 1. The molecule has 0 spiro atoms. The fourth-order valence-electron chi connectivity index (χ4n) is 1.87. The van der Waals surface area contributed by atoms with Crippen molar-refractivity contribution in [3.8, 4) is 0 Å². The van der Waals surface area contributed by atoms with Crippen molar-refractivity contribution >= 4 is 17.3 Å². The molecule has 0 atom stereocenters. The van der Waals surface area contributed by atoms with Gasteiger partial charge in [-0.25, -0.2) is 4.79 Å². The molecular formula is C14H13N3O4. The van der Waals surface area contributed by atoms with Crippen LogP contribution < -0.4 is 5.32 Å². The lowest BCUT2D eigenvalue weighted by atomic mass is 10.1. The van der Waals surface area contributed by atoms with E-state index in [-0.39, 0.29) is 11.3 Å². The minimum absolute atomic E-state index is 0.112. The fraction of sp³-hybridized carbons (Fsp3) is 0.143. The van der Waals surface area contributed by atoms with Crippen LogP contribution >= 0.6 is 0 Å². The molecule has 0 aliphatic heterocycles. The summed E-state index contributed by atoms with van der Waals surface area (Å²) >= 11 is 0. The molecule has 0 saturated carbocycles. The summed E-state index contributed by atoms with van der Waals surface area (Å²) in [5.74, 6) is -1.20. The summed E-state index contributed by atoms with van der Waals surface area (Å²) in [5, 5.41) is 22.8. The highest BCUT2D eigenvalue weighted by Crippen LogP contribution is 2.22. The molecule has 1 aromatic heterocycles. The quantitative estimate of drug-likeness (QED) is 0.624. The van der Waals surface area contributed by atoms with Gasteiger partial charge in [-0.2, -0.15) is 0 Å². The van der Waals surface area contributed by atoms with Crippen molar-refractivity contribution in [3.05, 3.63) is 64.0 Å². The van der Waals surface area contributed by atoms with E-state index in [0.717, 1.165) is 11.6 Å². The Kier molecular flexibility index (Phi) is 4.45. The number of benzene rings is 1. The van der Waals surface area contributed by atoms with E-state index in [0.29, 0.717) is 18.7 Å². The molecule has 7 heteroatoms. The SMILES string of the molecule is O=C(O)c1cc([N+](=O)[O-])ccc1NCCc1ccncc1. The van der Waals surface area contributed by atoms with Gasteiger partial charge in [-0.3, -0.25) is 15.1 Å². The number of carboxylic acids is 1. The molecule has 0 fully saturated rings. The number of aromatic carboxylic acids is 1. The van der Waals surface area contributed by atoms with Gasteiger partial charge in [-0.05, 0) is 30.2 Å². The van der Waals surface area contributed by atoms with Gasteiger partial charge in [0.25, 0.3) is 5.69 Å². The van der Waals surface area contributed by atoms with E-state index in [1.165, 1.54) is 12.1 Å². The molecule has 7 nitrogen and oxygen atoms in total. The fourth-order valence-corrected chi connectivity index (χ4v) is 1.87. The van der Waals surface area contributed by atoms with E-state index in [1.807, 2.05) is 12.1 Å². The molecule has 0 radical (unpaired) electrons. The highest BCUT2D eigenvalue weighted by Gasteiger charge is 2.15. The highest BCUT2D eigenvalue weighted by atomic mass is 16.6. The third-order valence-corrected chi connectivity index (χ3v) is 2.92. The summed E-state index contributed by atoms with van der Waals surface area (Å²) in [5.41, 5.74) is 1.07. The Morgan fingerprint density at radius 3 is 2.62 bits per heavy atom. The van der Waals surface area contributed by atoms with Crippen LogP contribution in [-0.2, 0) is 6.42 Å². The van der Waals surface area contributed by atoms with Gasteiger partial charge in [0.05, 0.1) is 10.5 Å². The molecule has 0 bridgehead atoms.